The summed E-state index contributed by atoms with van der Waals surface area (Å²) in [6.45, 7) is 3.78. The molecule has 1 heterocycles. The van der Waals surface area contributed by atoms with E-state index in [0.29, 0.717) is 17.2 Å². The van der Waals surface area contributed by atoms with Crippen LogP contribution in [-0.2, 0) is 7.05 Å². The summed E-state index contributed by atoms with van der Waals surface area (Å²) in [5.74, 6) is 0.488. The second-order valence-corrected chi connectivity index (χ2v) is 4.42. The largest absolute Gasteiger partial charge is 0.394 e. The highest BCUT2D eigenvalue weighted by Gasteiger charge is 2.12. The van der Waals surface area contributed by atoms with E-state index < -0.39 is 0 Å². The standard InChI is InChI=1S/C13H17N5O/c1-8-4-6-10(7-5-8)15-13(19)16-12-11(14)9(2)17-18(12)3/h4-7H,14H2,1-3H3,(H2,15,16,19). The van der Waals surface area contributed by atoms with Gasteiger partial charge in [-0.15, -0.1) is 0 Å². The molecule has 19 heavy (non-hydrogen) atoms. The Morgan fingerprint density at radius 1 is 1.21 bits per heavy atom. The molecule has 0 spiro atoms. The van der Waals surface area contributed by atoms with E-state index in [1.165, 1.54) is 0 Å². The van der Waals surface area contributed by atoms with Crippen molar-refractivity contribution in [3.8, 4) is 0 Å². The smallest absolute Gasteiger partial charge is 0.324 e. The van der Waals surface area contributed by atoms with Gasteiger partial charge in [0.15, 0.2) is 5.82 Å². The van der Waals surface area contributed by atoms with Gasteiger partial charge in [0.05, 0.1) is 11.4 Å². The minimum atomic E-state index is -0.349. The molecule has 2 amide bonds. The highest BCUT2D eigenvalue weighted by molar-refractivity contribution is 6.01. The van der Waals surface area contributed by atoms with E-state index in [2.05, 4.69) is 15.7 Å². The predicted octanol–water partition coefficient (Wildman–Crippen LogP) is 2.26. The van der Waals surface area contributed by atoms with Crippen LogP contribution in [0.1, 0.15) is 11.3 Å². The zero-order valence-corrected chi connectivity index (χ0v) is 11.2. The maximum Gasteiger partial charge on any atom is 0.324 e. The van der Waals surface area contributed by atoms with Gasteiger partial charge < -0.3 is 11.1 Å². The normalized spacial score (nSPS) is 10.3. The summed E-state index contributed by atoms with van der Waals surface area (Å²) in [5, 5.41) is 9.55. The summed E-state index contributed by atoms with van der Waals surface area (Å²) >= 11 is 0. The molecule has 2 rings (SSSR count). The van der Waals surface area contributed by atoms with E-state index in [0.717, 1.165) is 11.3 Å². The van der Waals surface area contributed by atoms with E-state index in [4.69, 9.17) is 5.73 Å². The molecule has 6 nitrogen and oxygen atoms in total. The van der Waals surface area contributed by atoms with Crippen LogP contribution in [0.2, 0.25) is 0 Å². The average molecular weight is 259 g/mol. The molecule has 2 aromatic rings. The molecule has 0 radical (unpaired) electrons. The van der Waals surface area contributed by atoms with Crippen LogP contribution < -0.4 is 16.4 Å². The maximum atomic E-state index is 11.9. The molecule has 0 fully saturated rings. The summed E-state index contributed by atoms with van der Waals surface area (Å²) in [6.07, 6.45) is 0. The molecule has 1 aromatic carbocycles. The number of urea groups is 1. The summed E-state index contributed by atoms with van der Waals surface area (Å²) in [6, 6.07) is 7.19. The van der Waals surface area contributed by atoms with Gasteiger partial charge in [-0.2, -0.15) is 5.10 Å². The number of anilines is 3. The number of hydrogen-bond donors (Lipinski definition) is 3. The fourth-order valence-electron chi connectivity index (χ4n) is 1.73. The molecule has 100 valence electrons. The Morgan fingerprint density at radius 2 is 1.84 bits per heavy atom. The van der Waals surface area contributed by atoms with Gasteiger partial charge >= 0.3 is 6.03 Å². The van der Waals surface area contributed by atoms with Gasteiger partial charge in [-0.1, -0.05) is 17.7 Å². The van der Waals surface area contributed by atoms with Gasteiger partial charge in [-0.25, -0.2) is 4.79 Å². The number of nitrogens with two attached hydrogens (primary N) is 1. The van der Waals surface area contributed by atoms with Crippen LogP contribution in [0.4, 0.5) is 22.0 Å². The lowest BCUT2D eigenvalue weighted by molar-refractivity contribution is 0.262. The van der Waals surface area contributed by atoms with Crippen molar-refractivity contribution in [3.63, 3.8) is 0 Å². The van der Waals surface area contributed by atoms with Crippen molar-refractivity contribution in [2.24, 2.45) is 7.05 Å². The summed E-state index contributed by atoms with van der Waals surface area (Å²) in [4.78, 5) is 11.9. The SMILES string of the molecule is Cc1ccc(NC(=O)Nc2c(N)c(C)nn2C)cc1. The first kappa shape index (κ1) is 12.9. The Morgan fingerprint density at radius 3 is 2.37 bits per heavy atom. The van der Waals surface area contributed by atoms with Crippen molar-refractivity contribution < 1.29 is 4.79 Å². The van der Waals surface area contributed by atoms with Gasteiger partial charge in [0, 0.05) is 12.7 Å². The summed E-state index contributed by atoms with van der Waals surface area (Å²) < 4.78 is 1.54. The molecule has 0 saturated carbocycles. The number of aryl methyl sites for hydroxylation is 3. The topological polar surface area (TPSA) is 85.0 Å². The van der Waals surface area contributed by atoms with Crippen LogP contribution in [0.5, 0.6) is 0 Å². The molecule has 0 bridgehead atoms. The number of nitrogen functional groups attached to an aromatic ring is 1. The first-order valence-electron chi connectivity index (χ1n) is 5.91. The predicted molar refractivity (Wildman–Crippen MR) is 76.2 cm³/mol. The Labute approximate surface area is 111 Å². The monoisotopic (exact) mass is 259 g/mol. The van der Waals surface area contributed by atoms with Crippen LogP contribution in [0, 0.1) is 13.8 Å². The van der Waals surface area contributed by atoms with Crippen LogP contribution in [0.15, 0.2) is 24.3 Å². The molecular formula is C13H17N5O. The van der Waals surface area contributed by atoms with Crippen molar-refractivity contribution >= 4 is 23.2 Å². The van der Waals surface area contributed by atoms with Crippen molar-refractivity contribution in [1.82, 2.24) is 9.78 Å². The molecule has 0 aliphatic carbocycles. The zero-order chi connectivity index (χ0) is 14.0. The average Bonchev–Trinajstić information content (AvgIpc) is 2.59. The number of nitrogens with zero attached hydrogens (tertiary/aromatic N) is 2. The van der Waals surface area contributed by atoms with Gasteiger partial charge in [0.2, 0.25) is 0 Å². The van der Waals surface area contributed by atoms with Crippen LogP contribution >= 0.6 is 0 Å². The molecule has 0 unspecified atom stereocenters. The lowest BCUT2D eigenvalue weighted by Gasteiger charge is -2.08. The number of amides is 2. The van der Waals surface area contributed by atoms with Crippen molar-refractivity contribution in [2.75, 3.05) is 16.4 Å². The molecule has 0 aliphatic rings. The van der Waals surface area contributed by atoms with Crippen LogP contribution in [-0.4, -0.2) is 15.8 Å². The van der Waals surface area contributed by atoms with E-state index in [1.807, 2.05) is 31.2 Å². The van der Waals surface area contributed by atoms with Crippen LogP contribution in [0.3, 0.4) is 0 Å². The number of nitrogens with one attached hydrogen (secondary N) is 2. The minimum Gasteiger partial charge on any atom is -0.394 e. The Balaban J connectivity index is 2.07. The van der Waals surface area contributed by atoms with Gasteiger partial charge in [-0.05, 0) is 26.0 Å². The lowest BCUT2D eigenvalue weighted by Crippen LogP contribution is -2.21. The first-order valence-corrected chi connectivity index (χ1v) is 5.91. The molecular weight excluding hydrogens is 242 g/mol. The first-order chi connectivity index (χ1) is 8.97. The Kier molecular flexibility index (Phi) is 3.41. The highest BCUT2D eigenvalue weighted by Crippen LogP contribution is 2.21. The van der Waals surface area contributed by atoms with E-state index in [9.17, 15) is 4.79 Å². The van der Waals surface area contributed by atoms with E-state index in [-0.39, 0.29) is 6.03 Å². The molecule has 0 saturated heterocycles. The molecule has 4 N–H and O–H groups in total. The van der Waals surface area contributed by atoms with Crippen molar-refractivity contribution in [1.29, 1.82) is 0 Å². The number of carbonyl (C=O) groups excluding carboxylic acids is 1. The number of hydrogen-bond acceptors (Lipinski definition) is 3. The number of carbonyl (C=O) groups is 1. The minimum absolute atomic E-state index is 0.349. The second kappa shape index (κ2) is 5.01. The van der Waals surface area contributed by atoms with E-state index >= 15 is 0 Å². The van der Waals surface area contributed by atoms with Gasteiger partial charge in [0.1, 0.15) is 0 Å². The summed E-state index contributed by atoms with van der Waals surface area (Å²) in [5.41, 5.74) is 8.86. The quantitative estimate of drug-likeness (QED) is 0.773. The number of benzene rings is 1. The Bertz CT molecular complexity index is 600. The van der Waals surface area contributed by atoms with Gasteiger partial charge in [-0.3, -0.25) is 10.00 Å². The molecule has 0 aliphatic heterocycles. The van der Waals surface area contributed by atoms with Crippen molar-refractivity contribution in [3.05, 3.63) is 35.5 Å². The lowest BCUT2D eigenvalue weighted by atomic mass is 10.2. The second-order valence-electron chi connectivity index (χ2n) is 4.42. The fraction of sp³-hybridized carbons (Fsp3) is 0.231. The summed E-state index contributed by atoms with van der Waals surface area (Å²) in [7, 11) is 1.73. The third-order valence-electron chi connectivity index (χ3n) is 2.81. The molecule has 0 atom stereocenters. The van der Waals surface area contributed by atoms with E-state index in [1.54, 1.807) is 18.7 Å². The van der Waals surface area contributed by atoms with Crippen molar-refractivity contribution in [2.45, 2.75) is 13.8 Å². The highest BCUT2D eigenvalue weighted by atomic mass is 16.2. The fourth-order valence-corrected chi connectivity index (χ4v) is 1.73. The number of rotatable bonds is 2. The Hall–Kier alpha value is -2.50. The molecule has 6 heteroatoms. The van der Waals surface area contributed by atoms with Crippen LogP contribution in [0.25, 0.3) is 0 Å². The third-order valence-corrected chi connectivity index (χ3v) is 2.81. The molecule has 1 aromatic heterocycles. The third kappa shape index (κ3) is 2.85. The zero-order valence-electron chi connectivity index (χ0n) is 11.2. The number of aromatic nitrogens is 2. The maximum absolute atomic E-state index is 11.9. The van der Waals surface area contributed by atoms with Gasteiger partial charge in [0.25, 0.3) is 0 Å².